The second kappa shape index (κ2) is 7.53. The molecule has 26 heavy (non-hydrogen) atoms. The van der Waals surface area contributed by atoms with Crippen LogP contribution < -0.4 is 4.90 Å². The number of benzene rings is 1. The first-order valence-electron chi connectivity index (χ1n) is 8.93. The van der Waals surface area contributed by atoms with Gasteiger partial charge in [-0.25, -0.2) is 0 Å². The van der Waals surface area contributed by atoms with Crippen molar-refractivity contribution in [3.63, 3.8) is 0 Å². The fraction of sp³-hybridized carbons (Fsp3) is 0.400. The number of pyridine rings is 1. The molecule has 0 radical (unpaired) electrons. The van der Waals surface area contributed by atoms with E-state index in [2.05, 4.69) is 34.1 Å². The Morgan fingerprint density at radius 3 is 2.81 bits per heavy atom. The molecule has 0 saturated carbocycles. The van der Waals surface area contributed by atoms with Crippen molar-refractivity contribution in [3.8, 4) is 0 Å². The molecule has 2 aliphatic heterocycles. The molecule has 2 aliphatic rings. The number of nitrogens with zero attached hydrogens (tertiary/aromatic N) is 3. The highest BCUT2D eigenvalue weighted by Gasteiger charge is 2.43. The second-order valence-electron chi connectivity index (χ2n) is 6.91. The van der Waals surface area contributed by atoms with Gasteiger partial charge in [-0.05, 0) is 17.7 Å². The van der Waals surface area contributed by atoms with Crippen LogP contribution >= 0.6 is 0 Å². The van der Waals surface area contributed by atoms with Crippen molar-refractivity contribution in [2.24, 2.45) is 0 Å². The van der Waals surface area contributed by atoms with E-state index in [4.69, 9.17) is 9.47 Å². The maximum Gasteiger partial charge on any atom is 0.253 e. The molecule has 4 rings (SSSR count). The van der Waals surface area contributed by atoms with Crippen LogP contribution in [0.4, 0.5) is 5.69 Å². The molecule has 6 nitrogen and oxygen atoms in total. The highest BCUT2D eigenvalue weighted by molar-refractivity contribution is 5.95. The van der Waals surface area contributed by atoms with Crippen molar-refractivity contribution in [1.29, 1.82) is 0 Å². The summed E-state index contributed by atoms with van der Waals surface area (Å²) in [7, 11) is 0. The van der Waals surface area contributed by atoms with Crippen LogP contribution in [-0.4, -0.2) is 60.8 Å². The van der Waals surface area contributed by atoms with Crippen LogP contribution in [-0.2, 0) is 20.8 Å². The van der Waals surface area contributed by atoms with Gasteiger partial charge >= 0.3 is 0 Å². The molecule has 2 fully saturated rings. The Kier molecular flexibility index (Phi) is 4.97. The quantitative estimate of drug-likeness (QED) is 0.841. The number of hydrogen-bond donors (Lipinski definition) is 0. The molecule has 0 unspecified atom stereocenters. The Bertz CT molecular complexity index is 740. The van der Waals surface area contributed by atoms with Gasteiger partial charge in [0.25, 0.3) is 5.91 Å². The summed E-state index contributed by atoms with van der Waals surface area (Å²) in [6, 6.07) is 14.1. The number of rotatable bonds is 3. The molecule has 3 heterocycles. The predicted molar refractivity (Wildman–Crippen MR) is 97.8 cm³/mol. The minimum absolute atomic E-state index is 0.0394. The maximum absolute atomic E-state index is 12.4. The van der Waals surface area contributed by atoms with E-state index in [9.17, 15) is 4.79 Å². The summed E-state index contributed by atoms with van der Waals surface area (Å²) in [5.41, 5.74) is 1.55. The predicted octanol–water partition coefficient (Wildman–Crippen LogP) is 1.72. The van der Waals surface area contributed by atoms with Gasteiger partial charge in [0, 0.05) is 25.8 Å². The third-order valence-electron chi connectivity index (χ3n) is 4.88. The molecule has 0 aliphatic carbocycles. The third kappa shape index (κ3) is 3.77. The summed E-state index contributed by atoms with van der Waals surface area (Å²) < 4.78 is 11.9. The zero-order valence-electron chi connectivity index (χ0n) is 14.7. The summed E-state index contributed by atoms with van der Waals surface area (Å²) in [4.78, 5) is 20.7. The number of aromatic nitrogens is 1. The van der Waals surface area contributed by atoms with Gasteiger partial charge in [0.1, 0.15) is 12.2 Å². The molecule has 1 aromatic carbocycles. The van der Waals surface area contributed by atoms with E-state index in [0.717, 1.165) is 25.3 Å². The Labute approximate surface area is 153 Å². The molecular weight excluding hydrogens is 330 g/mol. The Morgan fingerprint density at radius 1 is 1.12 bits per heavy atom. The van der Waals surface area contributed by atoms with Gasteiger partial charge in [-0.2, -0.15) is 0 Å². The minimum Gasteiger partial charge on any atom is -0.377 e. The fourth-order valence-electron chi connectivity index (χ4n) is 3.61. The summed E-state index contributed by atoms with van der Waals surface area (Å²) in [5.74, 6) is -0.0394. The molecule has 0 N–H and O–H groups in total. The van der Waals surface area contributed by atoms with Crippen LogP contribution in [0.2, 0.25) is 0 Å². The average molecular weight is 353 g/mol. The molecule has 2 aromatic rings. The molecule has 6 heteroatoms. The summed E-state index contributed by atoms with van der Waals surface area (Å²) in [5, 5.41) is 0. The zero-order valence-corrected chi connectivity index (χ0v) is 14.7. The van der Waals surface area contributed by atoms with E-state index in [1.165, 1.54) is 5.56 Å². The number of ether oxygens (including phenoxy) is 2. The molecule has 2 saturated heterocycles. The Morgan fingerprint density at radius 2 is 2.00 bits per heavy atom. The normalized spacial score (nSPS) is 24.6. The topological polar surface area (TPSA) is 54.9 Å². The molecule has 1 spiro atoms. The van der Waals surface area contributed by atoms with E-state index in [-0.39, 0.29) is 12.5 Å². The van der Waals surface area contributed by atoms with Gasteiger partial charge < -0.3 is 14.4 Å². The number of anilines is 1. The summed E-state index contributed by atoms with van der Waals surface area (Å²) in [6.45, 7) is 4.12. The fourth-order valence-corrected chi connectivity index (χ4v) is 3.61. The molecule has 0 bridgehead atoms. The first kappa shape index (κ1) is 17.1. The number of carbonyl (C=O) groups is 1. The van der Waals surface area contributed by atoms with Crippen molar-refractivity contribution in [2.45, 2.75) is 12.1 Å². The number of morpholine rings is 1. The zero-order chi connectivity index (χ0) is 17.8. The lowest BCUT2D eigenvalue weighted by Crippen LogP contribution is -2.60. The van der Waals surface area contributed by atoms with Crippen LogP contribution in [0, 0.1) is 0 Å². The molecule has 136 valence electrons. The largest absolute Gasteiger partial charge is 0.377 e. The lowest BCUT2D eigenvalue weighted by Gasteiger charge is -2.43. The van der Waals surface area contributed by atoms with E-state index in [1.807, 2.05) is 18.2 Å². The minimum atomic E-state index is -0.519. The van der Waals surface area contributed by atoms with E-state index in [0.29, 0.717) is 19.8 Å². The molecular formula is C20H23N3O3. The lowest BCUT2D eigenvalue weighted by molar-refractivity contribution is -0.146. The number of amides is 1. The summed E-state index contributed by atoms with van der Waals surface area (Å²) >= 11 is 0. The van der Waals surface area contributed by atoms with Crippen molar-refractivity contribution in [1.82, 2.24) is 9.88 Å². The first-order chi connectivity index (χ1) is 12.7. The van der Waals surface area contributed by atoms with Crippen molar-refractivity contribution >= 4 is 11.6 Å². The lowest BCUT2D eigenvalue weighted by atomic mass is 10.0. The smallest absolute Gasteiger partial charge is 0.253 e. The van der Waals surface area contributed by atoms with Crippen molar-refractivity contribution in [2.75, 3.05) is 44.4 Å². The Hall–Kier alpha value is -2.28. The Balaban J connectivity index is 1.53. The average Bonchev–Trinajstić information content (AvgIpc) is 2.88. The van der Waals surface area contributed by atoms with Crippen molar-refractivity contribution < 1.29 is 14.3 Å². The maximum atomic E-state index is 12.4. The van der Waals surface area contributed by atoms with Crippen LogP contribution in [0.5, 0.6) is 0 Å². The van der Waals surface area contributed by atoms with E-state index in [1.54, 1.807) is 17.3 Å². The van der Waals surface area contributed by atoms with Crippen LogP contribution in [0.1, 0.15) is 5.56 Å². The standard InChI is InChI=1S/C20H23N3O3/c24-19-13-26-20(15-23(19)18-7-4-8-21-11-18)14-22(9-10-25-16-20)12-17-5-2-1-3-6-17/h1-8,11H,9-10,12-16H2/t20-/m0/s1. The molecule has 1 atom stereocenters. The molecule has 1 aromatic heterocycles. The van der Waals surface area contributed by atoms with E-state index >= 15 is 0 Å². The van der Waals surface area contributed by atoms with Crippen LogP contribution in [0.15, 0.2) is 54.9 Å². The highest BCUT2D eigenvalue weighted by atomic mass is 16.6. The van der Waals surface area contributed by atoms with Gasteiger partial charge in [0.05, 0.1) is 31.6 Å². The SMILES string of the molecule is O=C1CO[C@]2(COCCN(Cc3ccccc3)C2)CN1c1cccnc1. The van der Waals surface area contributed by atoms with Crippen LogP contribution in [0.25, 0.3) is 0 Å². The second-order valence-corrected chi connectivity index (χ2v) is 6.91. The van der Waals surface area contributed by atoms with Crippen molar-refractivity contribution in [3.05, 3.63) is 60.4 Å². The van der Waals surface area contributed by atoms with Crippen LogP contribution in [0.3, 0.4) is 0 Å². The van der Waals surface area contributed by atoms with Gasteiger partial charge in [-0.15, -0.1) is 0 Å². The third-order valence-corrected chi connectivity index (χ3v) is 4.88. The van der Waals surface area contributed by atoms with Gasteiger partial charge in [0.2, 0.25) is 0 Å². The van der Waals surface area contributed by atoms with Gasteiger partial charge in [-0.3, -0.25) is 14.7 Å². The monoisotopic (exact) mass is 353 g/mol. The van der Waals surface area contributed by atoms with E-state index < -0.39 is 5.60 Å². The summed E-state index contributed by atoms with van der Waals surface area (Å²) in [6.07, 6.45) is 3.43. The highest BCUT2D eigenvalue weighted by Crippen LogP contribution is 2.27. The number of hydrogen-bond acceptors (Lipinski definition) is 5. The number of carbonyl (C=O) groups excluding carboxylic acids is 1. The van der Waals surface area contributed by atoms with Gasteiger partial charge in [-0.1, -0.05) is 30.3 Å². The first-order valence-corrected chi connectivity index (χ1v) is 8.93. The molecule has 1 amide bonds. The van der Waals surface area contributed by atoms with Gasteiger partial charge in [0.15, 0.2) is 0 Å².